The van der Waals surface area contributed by atoms with Crippen molar-refractivity contribution >= 4 is 32.9 Å². The lowest BCUT2D eigenvalue weighted by Gasteiger charge is -2.32. The fourth-order valence-corrected chi connectivity index (χ4v) is 5.90. The van der Waals surface area contributed by atoms with Gasteiger partial charge >= 0.3 is 0 Å². The third kappa shape index (κ3) is 4.16. The van der Waals surface area contributed by atoms with E-state index in [0.717, 1.165) is 35.5 Å². The summed E-state index contributed by atoms with van der Waals surface area (Å²) in [4.78, 5) is 2.18. The van der Waals surface area contributed by atoms with E-state index in [-0.39, 0.29) is 5.41 Å². The lowest BCUT2D eigenvalue weighted by atomic mass is 9.72. The number of benzene rings is 5. The van der Waals surface area contributed by atoms with Crippen molar-refractivity contribution in [3.8, 4) is 5.75 Å². The average molecular weight is 486 g/mol. The first-order chi connectivity index (χ1) is 18.1. The molecule has 5 aromatic carbocycles. The van der Waals surface area contributed by atoms with Crippen molar-refractivity contribution in [1.29, 1.82) is 0 Å². The first kappa shape index (κ1) is 23.3. The van der Waals surface area contributed by atoms with E-state index in [0.29, 0.717) is 0 Å². The van der Waals surface area contributed by atoms with Crippen LogP contribution in [0.3, 0.4) is 0 Å². The summed E-state index contributed by atoms with van der Waals surface area (Å²) in [6, 6.07) is 36.9. The fourth-order valence-electron chi connectivity index (χ4n) is 5.90. The second-order valence-electron chi connectivity index (χ2n) is 10.3. The highest BCUT2D eigenvalue weighted by Gasteiger charge is 2.34. The Balaban J connectivity index is 1.45. The molecule has 0 saturated carbocycles. The predicted molar refractivity (Wildman–Crippen MR) is 155 cm³/mol. The Bertz CT molecular complexity index is 1620. The van der Waals surface area contributed by atoms with Gasteiger partial charge in [0.2, 0.25) is 0 Å². The molecule has 0 amide bonds. The van der Waals surface area contributed by atoms with Crippen LogP contribution in [0.4, 0.5) is 11.4 Å². The molecule has 1 heterocycles. The van der Waals surface area contributed by atoms with Crippen molar-refractivity contribution < 1.29 is 10.1 Å². The van der Waals surface area contributed by atoms with Gasteiger partial charge in [0.15, 0.2) is 11.6 Å². The van der Waals surface area contributed by atoms with Gasteiger partial charge in [-0.2, -0.15) is 0 Å². The van der Waals surface area contributed by atoms with E-state index in [1.807, 2.05) is 0 Å². The Kier molecular flexibility index (Phi) is 5.94. The summed E-state index contributed by atoms with van der Waals surface area (Å²) in [5.41, 5.74) is 5.01. The number of fused-ring (bicyclic) bond motifs is 4. The van der Waals surface area contributed by atoms with Crippen LogP contribution in [0.2, 0.25) is 0 Å². The van der Waals surface area contributed by atoms with Gasteiger partial charge in [-0.1, -0.05) is 91.9 Å². The van der Waals surface area contributed by atoms with Crippen molar-refractivity contribution in [3.05, 3.63) is 126 Å². The number of ether oxygens (including phenoxy) is 1. The van der Waals surface area contributed by atoms with E-state index in [1.54, 1.807) is 0 Å². The fraction of sp³-hybridized carbons (Fsp3) is 0.176. The highest BCUT2D eigenvalue weighted by molar-refractivity contribution is 5.95. The van der Waals surface area contributed by atoms with Crippen LogP contribution < -0.4 is 15.0 Å². The van der Waals surface area contributed by atoms with Crippen LogP contribution in [0.5, 0.6) is 5.75 Å². The molecule has 0 spiro atoms. The van der Waals surface area contributed by atoms with E-state index >= 15 is 0 Å². The van der Waals surface area contributed by atoms with Gasteiger partial charge in [-0.3, -0.25) is 0 Å². The van der Waals surface area contributed by atoms with E-state index < -0.39 is 0 Å². The number of rotatable bonds is 6. The molecule has 0 aliphatic carbocycles. The molecular formula is C34H33N2O+. The Morgan fingerprint density at radius 2 is 1.43 bits per heavy atom. The largest absolute Gasteiger partial charge is 0.438 e. The maximum absolute atomic E-state index is 6.54. The molecule has 0 saturated heterocycles. The molecule has 5 aromatic rings. The Hall–Kier alpha value is -4.08. The van der Waals surface area contributed by atoms with Crippen molar-refractivity contribution in [1.82, 2.24) is 0 Å². The summed E-state index contributed by atoms with van der Waals surface area (Å²) in [6.45, 7) is 2.41. The lowest BCUT2D eigenvalue weighted by molar-refractivity contribution is -0.540. The number of nitrogens with two attached hydrogens (primary N) is 1. The Labute approximate surface area is 219 Å². The number of allylic oxidation sites excluding steroid dienone is 1. The molecule has 0 bridgehead atoms. The topological polar surface area (TPSA) is 29.1 Å². The SMILES string of the molecule is C[NH2+]c1ccc2ccccc2c1C(C)(C/C=C1\Oc2c(ccc3ccccc23)N1C)Cc1ccccc1. The normalized spacial score (nSPS) is 15.6. The van der Waals surface area contributed by atoms with Gasteiger partial charge in [0, 0.05) is 23.4 Å². The van der Waals surface area contributed by atoms with Crippen molar-refractivity contribution in [2.75, 3.05) is 19.0 Å². The van der Waals surface area contributed by atoms with Crippen LogP contribution in [0.1, 0.15) is 24.5 Å². The lowest BCUT2D eigenvalue weighted by Crippen LogP contribution is -2.73. The van der Waals surface area contributed by atoms with Gasteiger partial charge in [0.05, 0.1) is 12.7 Å². The van der Waals surface area contributed by atoms with E-state index in [2.05, 4.69) is 140 Å². The smallest absolute Gasteiger partial charge is 0.196 e. The summed E-state index contributed by atoms with van der Waals surface area (Å²) in [5, 5.41) is 7.20. The summed E-state index contributed by atoms with van der Waals surface area (Å²) < 4.78 is 6.54. The minimum Gasteiger partial charge on any atom is -0.438 e. The van der Waals surface area contributed by atoms with Crippen LogP contribution >= 0.6 is 0 Å². The molecule has 0 radical (unpaired) electrons. The zero-order chi connectivity index (χ0) is 25.4. The molecule has 2 N–H and O–H groups in total. The minimum absolute atomic E-state index is 0.141. The van der Waals surface area contributed by atoms with Gasteiger partial charge in [0.1, 0.15) is 5.69 Å². The van der Waals surface area contributed by atoms with Crippen molar-refractivity contribution in [2.45, 2.75) is 25.2 Å². The summed E-state index contributed by atoms with van der Waals surface area (Å²) in [6.07, 6.45) is 4.08. The molecule has 1 unspecified atom stereocenters. The molecule has 3 heteroatoms. The minimum atomic E-state index is -0.141. The molecule has 3 nitrogen and oxygen atoms in total. The molecule has 37 heavy (non-hydrogen) atoms. The summed E-state index contributed by atoms with van der Waals surface area (Å²) in [5.74, 6) is 1.84. The van der Waals surface area contributed by atoms with Gasteiger partial charge < -0.3 is 15.0 Å². The van der Waals surface area contributed by atoms with Crippen LogP contribution in [0.15, 0.2) is 115 Å². The van der Waals surface area contributed by atoms with Crippen LogP contribution in [-0.4, -0.2) is 14.1 Å². The second kappa shape index (κ2) is 9.42. The van der Waals surface area contributed by atoms with Crippen LogP contribution in [0, 0.1) is 0 Å². The van der Waals surface area contributed by atoms with E-state index in [1.165, 1.54) is 33.0 Å². The standard InChI is InChI=1S/C34H32N2O/c1-34(23-24-11-5-4-6-12-24,32-27-15-9-7-13-25(27)17-19-29(32)35-2)22-21-31-36(3)30-20-18-26-14-8-10-16-28(26)33(30)37-31/h4-21,35H,22-23H2,1-3H3/p+1/b31-21-. The van der Waals surface area contributed by atoms with Crippen molar-refractivity contribution in [2.24, 2.45) is 0 Å². The van der Waals surface area contributed by atoms with Crippen LogP contribution in [-0.2, 0) is 11.8 Å². The number of anilines is 1. The zero-order valence-corrected chi connectivity index (χ0v) is 21.7. The van der Waals surface area contributed by atoms with Gasteiger partial charge in [-0.25, -0.2) is 0 Å². The Morgan fingerprint density at radius 3 is 2.19 bits per heavy atom. The second-order valence-corrected chi connectivity index (χ2v) is 10.3. The monoisotopic (exact) mass is 485 g/mol. The van der Waals surface area contributed by atoms with Gasteiger partial charge in [-0.15, -0.1) is 0 Å². The van der Waals surface area contributed by atoms with E-state index in [4.69, 9.17) is 4.74 Å². The predicted octanol–water partition coefficient (Wildman–Crippen LogP) is 7.08. The number of hydrogen-bond acceptors (Lipinski definition) is 2. The third-order valence-electron chi connectivity index (χ3n) is 7.80. The maximum Gasteiger partial charge on any atom is 0.196 e. The quantitative estimate of drug-likeness (QED) is 0.260. The molecule has 1 aliphatic rings. The molecular weight excluding hydrogens is 452 g/mol. The van der Waals surface area contributed by atoms with Gasteiger partial charge in [-0.05, 0) is 58.8 Å². The first-order valence-electron chi connectivity index (χ1n) is 13.1. The van der Waals surface area contributed by atoms with Crippen LogP contribution in [0.25, 0.3) is 21.5 Å². The first-order valence-corrected chi connectivity index (χ1v) is 13.1. The number of nitrogens with zero attached hydrogens (tertiary/aromatic N) is 1. The number of hydrogen-bond donors (Lipinski definition) is 1. The maximum atomic E-state index is 6.54. The van der Waals surface area contributed by atoms with Crippen molar-refractivity contribution in [3.63, 3.8) is 0 Å². The highest BCUT2D eigenvalue weighted by atomic mass is 16.5. The molecule has 6 rings (SSSR count). The zero-order valence-electron chi connectivity index (χ0n) is 21.7. The summed E-state index contributed by atoms with van der Waals surface area (Å²) >= 11 is 0. The molecule has 1 atom stereocenters. The molecule has 0 fully saturated rings. The summed E-state index contributed by atoms with van der Waals surface area (Å²) in [7, 11) is 4.24. The molecule has 1 aliphatic heterocycles. The molecule has 0 aromatic heterocycles. The highest BCUT2D eigenvalue weighted by Crippen LogP contribution is 2.45. The average Bonchev–Trinajstić information content (AvgIpc) is 3.27. The van der Waals surface area contributed by atoms with E-state index in [9.17, 15) is 0 Å². The number of quaternary nitrogens is 1. The molecule has 184 valence electrons. The van der Waals surface area contributed by atoms with Gasteiger partial charge in [0.25, 0.3) is 0 Å². The Morgan fingerprint density at radius 1 is 0.784 bits per heavy atom. The third-order valence-corrected chi connectivity index (χ3v) is 7.80.